The standard InChI is InChI=1S/C20H19F2N3O/c1-2-18-19-14(13-5-3-4-6-16(13)23-19)9-10-25(18)20(26)24-17-8-7-12(21)11-15(17)22/h3-8,11,18,23H,2,9-10H2,1H3,(H,24,26). The summed E-state index contributed by atoms with van der Waals surface area (Å²) in [5, 5.41) is 3.75. The Morgan fingerprint density at radius 1 is 1.27 bits per heavy atom. The quantitative estimate of drug-likeness (QED) is 0.669. The summed E-state index contributed by atoms with van der Waals surface area (Å²) in [5.74, 6) is -1.46. The number of hydrogen-bond donors (Lipinski definition) is 2. The van der Waals surface area contributed by atoms with Gasteiger partial charge in [0.2, 0.25) is 0 Å². The van der Waals surface area contributed by atoms with E-state index in [1.165, 1.54) is 17.0 Å². The number of amides is 2. The smallest absolute Gasteiger partial charge is 0.322 e. The molecule has 1 atom stereocenters. The molecule has 2 heterocycles. The van der Waals surface area contributed by atoms with Crippen molar-refractivity contribution in [1.82, 2.24) is 9.88 Å². The molecule has 2 amide bonds. The van der Waals surface area contributed by atoms with Crippen molar-refractivity contribution in [1.29, 1.82) is 0 Å². The number of rotatable bonds is 2. The number of hydrogen-bond acceptors (Lipinski definition) is 1. The minimum Gasteiger partial charge on any atom is -0.356 e. The van der Waals surface area contributed by atoms with Gasteiger partial charge in [-0.3, -0.25) is 0 Å². The lowest BCUT2D eigenvalue weighted by molar-refractivity contribution is 0.179. The van der Waals surface area contributed by atoms with Crippen LogP contribution in [0.4, 0.5) is 19.3 Å². The van der Waals surface area contributed by atoms with Gasteiger partial charge >= 0.3 is 6.03 Å². The van der Waals surface area contributed by atoms with Crippen LogP contribution in [-0.2, 0) is 6.42 Å². The molecule has 0 fully saturated rings. The summed E-state index contributed by atoms with van der Waals surface area (Å²) in [7, 11) is 0. The first-order valence-electron chi connectivity index (χ1n) is 8.70. The summed E-state index contributed by atoms with van der Waals surface area (Å²) in [6, 6.07) is 10.7. The van der Waals surface area contributed by atoms with E-state index in [9.17, 15) is 13.6 Å². The molecule has 1 aromatic heterocycles. The van der Waals surface area contributed by atoms with Gasteiger partial charge in [0.15, 0.2) is 0 Å². The first-order chi connectivity index (χ1) is 12.6. The van der Waals surface area contributed by atoms with E-state index in [0.717, 1.165) is 36.2 Å². The number of halogens is 2. The lowest BCUT2D eigenvalue weighted by Crippen LogP contribution is -2.42. The van der Waals surface area contributed by atoms with Gasteiger partial charge in [-0.05, 0) is 36.6 Å². The molecule has 3 aromatic rings. The van der Waals surface area contributed by atoms with Crippen LogP contribution < -0.4 is 5.32 Å². The highest BCUT2D eigenvalue weighted by Crippen LogP contribution is 2.36. The van der Waals surface area contributed by atoms with Crippen LogP contribution in [0.3, 0.4) is 0 Å². The van der Waals surface area contributed by atoms with E-state index in [0.29, 0.717) is 6.54 Å². The van der Waals surface area contributed by atoms with Crippen LogP contribution in [-0.4, -0.2) is 22.5 Å². The maximum absolute atomic E-state index is 13.9. The summed E-state index contributed by atoms with van der Waals surface area (Å²) in [6.45, 7) is 2.56. The van der Waals surface area contributed by atoms with E-state index in [1.54, 1.807) is 4.90 Å². The number of aromatic nitrogens is 1. The van der Waals surface area contributed by atoms with Gasteiger partial charge < -0.3 is 15.2 Å². The monoisotopic (exact) mass is 355 g/mol. The highest BCUT2D eigenvalue weighted by molar-refractivity contribution is 5.91. The summed E-state index contributed by atoms with van der Waals surface area (Å²) in [5.41, 5.74) is 3.32. The number of H-pyrrole nitrogens is 1. The minimum atomic E-state index is -0.783. The van der Waals surface area contributed by atoms with Crippen LogP contribution in [0.1, 0.15) is 30.6 Å². The molecule has 0 saturated heterocycles. The van der Waals surface area contributed by atoms with Crippen molar-refractivity contribution < 1.29 is 13.6 Å². The molecule has 0 aliphatic carbocycles. The lowest BCUT2D eigenvalue weighted by Gasteiger charge is -2.35. The van der Waals surface area contributed by atoms with Crippen molar-refractivity contribution >= 4 is 22.6 Å². The first-order valence-corrected chi connectivity index (χ1v) is 8.70. The third kappa shape index (κ3) is 2.71. The number of nitrogens with one attached hydrogen (secondary N) is 2. The Hall–Kier alpha value is -2.89. The molecule has 6 heteroatoms. The molecular formula is C20H19F2N3O. The van der Waals surface area contributed by atoms with Crippen molar-refractivity contribution in [2.24, 2.45) is 0 Å². The van der Waals surface area contributed by atoms with Gasteiger partial charge in [-0.2, -0.15) is 0 Å². The van der Waals surface area contributed by atoms with Crippen LogP contribution in [0.15, 0.2) is 42.5 Å². The molecular weight excluding hydrogens is 336 g/mol. The van der Waals surface area contributed by atoms with E-state index >= 15 is 0 Å². The number of carbonyl (C=O) groups excluding carboxylic acids is 1. The maximum atomic E-state index is 13.9. The summed E-state index contributed by atoms with van der Waals surface area (Å²) in [6.07, 6.45) is 1.47. The Morgan fingerprint density at radius 3 is 2.85 bits per heavy atom. The average Bonchev–Trinajstić information content (AvgIpc) is 3.01. The molecule has 1 aliphatic heterocycles. The summed E-state index contributed by atoms with van der Waals surface area (Å²) >= 11 is 0. The van der Waals surface area contributed by atoms with Crippen molar-refractivity contribution in [3.05, 3.63) is 65.4 Å². The third-order valence-electron chi connectivity index (χ3n) is 4.98. The highest BCUT2D eigenvalue weighted by atomic mass is 19.1. The molecule has 1 unspecified atom stereocenters. The molecule has 0 spiro atoms. The van der Waals surface area contributed by atoms with Crippen molar-refractivity contribution in [3.8, 4) is 0 Å². The Morgan fingerprint density at radius 2 is 2.08 bits per heavy atom. The van der Waals surface area contributed by atoms with Gasteiger partial charge in [-0.15, -0.1) is 0 Å². The number of urea groups is 1. The SMILES string of the molecule is CCC1c2[nH]c3ccccc3c2CCN1C(=O)Nc1ccc(F)cc1F. The molecule has 0 saturated carbocycles. The molecule has 0 bridgehead atoms. The first kappa shape index (κ1) is 16.6. The van der Waals surface area contributed by atoms with Gasteiger partial charge in [-0.25, -0.2) is 13.6 Å². The topological polar surface area (TPSA) is 48.1 Å². The third-order valence-corrected chi connectivity index (χ3v) is 4.98. The average molecular weight is 355 g/mol. The number of carbonyl (C=O) groups is 1. The molecule has 0 radical (unpaired) electrons. The van der Waals surface area contributed by atoms with Gasteiger partial charge in [0.25, 0.3) is 0 Å². The zero-order valence-corrected chi connectivity index (χ0v) is 14.4. The zero-order valence-electron chi connectivity index (χ0n) is 14.4. The van der Waals surface area contributed by atoms with Gasteiger partial charge in [0.1, 0.15) is 11.6 Å². The summed E-state index contributed by atoms with van der Waals surface area (Å²) < 4.78 is 26.9. The minimum absolute atomic E-state index is 0.0197. The van der Waals surface area contributed by atoms with Gasteiger partial charge in [-0.1, -0.05) is 25.1 Å². The Balaban J connectivity index is 1.63. The number of aromatic amines is 1. The van der Waals surface area contributed by atoms with Crippen LogP contribution in [0.2, 0.25) is 0 Å². The van der Waals surface area contributed by atoms with Crippen LogP contribution in [0, 0.1) is 11.6 Å². The number of benzene rings is 2. The van der Waals surface area contributed by atoms with Crippen LogP contribution >= 0.6 is 0 Å². The number of anilines is 1. The molecule has 4 nitrogen and oxygen atoms in total. The van der Waals surface area contributed by atoms with Crippen LogP contribution in [0.5, 0.6) is 0 Å². The molecule has 26 heavy (non-hydrogen) atoms. The predicted molar refractivity (Wildman–Crippen MR) is 97.1 cm³/mol. The predicted octanol–water partition coefficient (Wildman–Crippen LogP) is 4.99. The normalized spacial score (nSPS) is 16.6. The number of fused-ring (bicyclic) bond motifs is 3. The molecule has 2 N–H and O–H groups in total. The van der Waals surface area contributed by atoms with Gasteiger partial charge in [0, 0.05) is 29.2 Å². The van der Waals surface area contributed by atoms with Crippen LogP contribution in [0.25, 0.3) is 10.9 Å². The van der Waals surface area contributed by atoms with E-state index in [1.807, 2.05) is 25.1 Å². The highest BCUT2D eigenvalue weighted by Gasteiger charge is 2.32. The summed E-state index contributed by atoms with van der Waals surface area (Å²) in [4.78, 5) is 17.9. The second-order valence-corrected chi connectivity index (χ2v) is 6.48. The zero-order chi connectivity index (χ0) is 18.3. The van der Waals surface area contributed by atoms with E-state index in [4.69, 9.17) is 0 Å². The van der Waals surface area contributed by atoms with Crippen molar-refractivity contribution in [2.45, 2.75) is 25.8 Å². The Bertz CT molecular complexity index is 982. The Labute approximate surface area is 149 Å². The van der Waals surface area contributed by atoms with E-state index < -0.39 is 11.6 Å². The molecule has 2 aromatic carbocycles. The fourth-order valence-electron chi connectivity index (χ4n) is 3.76. The second-order valence-electron chi connectivity index (χ2n) is 6.48. The largest absolute Gasteiger partial charge is 0.356 e. The number of nitrogens with zero attached hydrogens (tertiary/aromatic N) is 1. The number of para-hydroxylation sites is 1. The Kier molecular flexibility index (Phi) is 4.11. The van der Waals surface area contributed by atoms with Gasteiger partial charge in [0.05, 0.1) is 11.7 Å². The van der Waals surface area contributed by atoms with Crippen molar-refractivity contribution in [3.63, 3.8) is 0 Å². The van der Waals surface area contributed by atoms with E-state index in [2.05, 4.69) is 16.4 Å². The molecule has 1 aliphatic rings. The fraction of sp³-hybridized carbons (Fsp3) is 0.250. The van der Waals surface area contributed by atoms with E-state index in [-0.39, 0.29) is 17.8 Å². The van der Waals surface area contributed by atoms with Crippen molar-refractivity contribution in [2.75, 3.05) is 11.9 Å². The fourth-order valence-corrected chi connectivity index (χ4v) is 3.76. The molecule has 4 rings (SSSR count). The molecule has 134 valence electrons. The lowest BCUT2D eigenvalue weighted by atomic mass is 9.96. The second kappa shape index (κ2) is 6.44. The maximum Gasteiger partial charge on any atom is 0.322 e.